The first-order valence-corrected chi connectivity index (χ1v) is 6.91. The fourth-order valence-electron chi connectivity index (χ4n) is 3.29. The Balaban J connectivity index is 1.84. The molecular weight excluding hydrogens is 210 g/mol. The topological polar surface area (TPSA) is 53.0 Å². The zero-order valence-electron chi connectivity index (χ0n) is 11.2. The van der Waals surface area contributed by atoms with Gasteiger partial charge in [0.2, 0.25) is 0 Å². The number of likely N-dealkylation sites (tertiary alicyclic amines) is 1. The Morgan fingerprint density at radius 2 is 2.12 bits per heavy atom. The maximum Gasteiger partial charge on any atom is 0.0684 e. The van der Waals surface area contributed by atoms with E-state index in [1.807, 2.05) is 13.8 Å². The summed E-state index contributed by atoms with van der Waals surface area (Å²) in [5.41, 5.74) is 6.03. The highest BCUT2D eigenvalue weighted by molar-refractivity contribution is 4.96. The monoisotopic (exact) mass is 235 g/mol. The fourth-order valence-corrected chi connectivity index (χ4v) is 3.29. The van der Waals surface area contributed by atoms with E-state index < -0.39 is 0 Å². The van der Waals surface area contributed by atoms with Crippen molar-refractivity contribution in [2.75, 3.05) is 19.6 Å². The molecule has 0 radical (unpaired) electrons. The number of nitrogens with two attached hydrogens (primary N) is 1. The lowest BCUT2D eigenvalue weighted by atomic mass is 9.78. The molecule has 17 heavy (non-hydrogen) atoms. The van der Waals surface area contributed by atoms with E-state index in [4.69, 9.17) is 11.0 Å². The summed E-state index contributed by atoms with van der Waals surface area (Å²) in [5.74, 6) is 1.54. The van der Waals surface area contributed by atoms with Gasteiger partial charge in [-0.25, -0.2) is 0 Å². The van der Waals surface area contributed by atoms with E-state index in [0.29, 0.717) is 12.0 Å². The average molecular weight is 235 g/mol. The van der Waals surface area contributed by atoms with Crippen LogP contribution in [0.5, 0.6) is 0 Å². The predicted molar refractivity (Wildman–Crippen MR) is 69.3 cm³/mol. The van der Waals surface area contributed by atoms with Crippen molar-refractivity contribution in [2.24, 2.45) is 23.0 Å². The summed E-state index contributed by atoms with van der Waals surface area (Å²) in [5, 5.41) is 9.03. The summed E-state index contributed by atoms with van der Waals surface area (Å²) in [7, 11) is 0. The standard InChI is InChI=1S/C14H25N3/c1-14(2,10-15)6-7-17-8-11-4-3-5-13(16)12(11)9-17/h11-13H,3-9,16H2,1-2H3. The van der Waals surface area contributed by atoms with Crippen molar-refractivity contribution >= 4 is 0 Å². The van der Waals surface area contributed by atoms with Gasteiger partial charge in [-0.3, -0.25) is 0 Å². The third-order valence-corrected chi connectivity index (χ3v) is 4.59. The summed E-state index contributed by atoms with van der Waals surface area (Å²) in [6.07, 6.45) is 4.84. The first-order valence-electron chi connectivity index (χ1n) is 6.91. The van der Waals surface area contributed by atoms with E-state index in [2.05, 4.69) is 11.0 Å². The quantitative estimate of drug-likeness (QED) is 0.814. The smallest absolute Gasteiger partial charge is 0.0684 e. The third kappa shape index (κ3) is 3.00. The molecule has 3 atom stereocenters. The molecule has 3 heteroatoms. The van der Waals surface area contributed by atoms with Gasteiger partial charge in [0.1, 0.15) is 0 Å². The van der Waals surface area contributed by atoms with Crippen LogP contribution in [0.25, 0.3) is 0 Å². The van der Waals surface area contributed by atoms with Crippen LogP contribution in [0.3, 0.4) is 0 Å². The van der Waals surface area contributed by atoms with Gasteiger partial charge >= 0.3 is 0 Å². The van der Waals surface area contributed by atoms with Crippen molar-refractivity contribution < 1.29 is 0 Å². The lowest BCUT2D eigenvalue weighted by Crippen LogP contribution is -2.38. The Kier molecular flexibility index (Phi) is 3.75. The maximum atomic E-state index is 9.03. The maximum absolute atomic E-state index is 9.03. The molecule has 2 fully saturated rings. The van der Waals surface area contributed by atoms with Crippen LogP contribution >= 0.6 is 0 Å². The van der Waals surface area contributed by atoms with Gasteiger partial charge in [0.25, 0.3) is 0 Å². The summed E-state index contributed by atoms with van der Waals surface area (Å²) >= 11 is 0. The molecule has 0 aromatic carbocycles. The molecule has 2 rings (SSSR count). The number of nitriles is 1. The van der Waals surface area contributed by atoms with Gasteiger partial charge in [0.05, 0.1) is 11.5 Å². The molecule has 0 amide bonds. The molecule has 3 nitrogen and oxygen atoms in total. The second kappa shape index (κ2) is 4.96. The van der Waals surface area contributed by atoms with Crippen LogP contribution in [0, 0.1) is 28.6 Å². The lowest BCUT2D eigenvalue weighted by molar-refractivity contribution is 0.258. The van der Waals surface area contributed by atoms with E-state index in [0.717, 1.165) is 25.4 Å². The minimum atomic E-state index is -0.185. The van der Waals surface area contributed by atoms with E-state index in [-0.39, 0.29) is 5.41 Å². The van der Waals surface area contributed by atoms with Crippen molar-refractivity contribution in [3.8, 4) is 6.07 Å². The van der Waals surface area contributed by atoms with Crippen molar-refractivity contribution in [1.29, 1.82) is 5.26 Å². The molecule has 1 aliphatic carbocycles. The highest BCUT2D eigenvalue weighted by atomic mass is 15.2. The zero-order chi connectivity index (χ0) is 12.5. The molecule has 1 aliphatic heterocycles. The van der Waals surface area contributed by atoms with E-state index in [1.54, 1.807) is 0 Å². The van der Waals surface area contributed by atoms with Crippen LogP contribution in [-0.2, 0) is 0 Å². The molecule has 0 aromatic rings. The first kappa shape index (κ1) is 12.9. The van der Waals surface area contributed by atoms with Crippen molar-refractivity contribution in [1.82, 2.24) is 4.90 Å². The first-order chi connectivity index (χ1) is 8.02. The molecule has 3 unspecified atom stereocenters. The van der Waals surface area contributed by atoms with Gasteiger partial charge in [-0.05, 0) is 51.5 Å². The van der Waals surface area contributed by atoms with Gasteiger partial charge in [0.15, 0.2) is 0 Å². The zero-order valence-corrected chi connectivity index (χ0v) is 11.2. The Hall–Kier alpha value is -0.590. The largest absolute Gasteiger partial charge is 0.327 e. The van der Waals surface area contributed by atoms with Crippen LogP contribution in [0.1, 0.15) is 39.5 Å². The molecule has 1 heterocycles. The van der Waals surface area contributed by atoms with Crippen molar-refractivity contribution in [3.63, 3.8) is 0 Å². The SMILES string of the molecule is CC(C)(C#N)CCN1CC2CCCC(N)C2C1. The Labute approximate surface area is 105 Å². The van der Waals surface area contributed by atoms with E-state index >= 15 is 0 Å². The summed E-state index contributed by atoms with van der Waals surface area (Å²) < 4.78 is 0. The fraction of sp³-hybridized carbons (Fsp3) is 0.929. The minimum Gasteiger partial charge on any atom is -0.327 e. The normalized spacial score (nSPS) is 34.4. The Morgan fingerprint density at radius 1 is 1.35 bits per heavy atom. The third-order valence-electron chi connectivity index (χ3n) is 4.59. The van der Waals surface area contributed by atoms with Crippen LogP contribution < -0.4 is 5.73 Å². The van der Waals surface area contributed by atoms with Crippen LogP contribution in [0.2, 0.25) is 0 Å². The summed E-state index contributed by atoms with van der Waals surface area (Å²) in [6, 6.07) is 2.80. The predicted octanol–water partition coefficient (Wildman–Crippen LogP) is 1.99. The summed E-state index contributed by atoms with van der Waals surface area (Å²) in [6.45, 7) is 7.48. The molecule has 2 N–H and O–H groups in total. The van der Waals surface area contributed by atoms with Gasteiger partial charge < -0.3 is 10.6 Å². The van der Waals surface area contributed by atoms with Crippen LogP contribution in [0.4, 0.5) is 0 Å². The Morgan fingerprint density at radius 3 is 2.76 bits per heavy atom. The molecule has 96 valence electrons. The number of hydrogen-bond acceptors (Lipinski definition) is 3. The molecule has 0 bridgehead atoms. The number of nitrogens with zero attached hydrogens (tertiary/aromatic N) is 2. The van der Waals surface area contributed by atoms with E-state index in [9.17, 15) is 0 Å². The molecule has 0 aromatic heterocycles. The molecule has 0 spiro atoms. The highest BCUT2D eigenvalue weighted by Crippen LogP contribution is 2.36. The van der Waals surface area contributed by atoms with E-state index in [1.165, 1.54) is 25.8 Å². The lowest BCUT2D eigenvalue weighted by Gasteiger charge is -2.29. The molecule has 1 saturated carbocycles. The van der Waals surface area contributed by atoms with Gasteiger partial charge in [-0.1, -0.05) is 6.42 Å². The summed E-state index contributed by atoms with van der Waals surface area (Å²) in [4.78, 5) is 2.53. The highest BCUT2D eigenvalue weighted by Gasteiger charge is 2.38. The van der Waals surface area contributed by atoms with Gasteiger partial charge in [-0.15, -0.1) is 0 Å². The molecular formula is C14H25N3. The molecule has 2 aliphatic rings. The van der Waals surface area contributed by atoms with Gasteiger partial charge in [-0.2, -0.15) is 5.26 Å². The molecule has 1 saturated heterocycles. The van der Waals surface area contributed by atoms with Gasteiger partial charge in [0, 0.05) is 19.1 Å². The van der Waals surface area contributed by atoms with Crippen molar-refractivity contribution in [3.05, 3.63) is 0 Å². The number of rotatable bonds is 3. The number of hydrogen-bond donors (Lipinski definition) is 1. The number of fused-ring (bicyclic) bond motifs is 1. The van der Waals surface area contributed by atoms with Crippen LogP contribution in [0.15, 0.2) is 0 Å². The second-order valence-electron chi connectivity index (χ2n) is 6.52. The Bertz CT molecular complexity index is 305. The minimum absolute atomic E-state index is 0.185. The second-order valence-corrected chi connectivity index (χ2v) is 6.52. The average Bonchev–Trinajstić information content (AvgIpc) is 2.71. The van der Waals surface area contributed by atoms with Crippen molar-refractivity contribution in [2.45, 2.75) is 45.6 Å². The van der Waals surface area contributed by atoms with Crippen LogP contribution in [-0.4, -0.2) is 30.6 Å².